The molecule has 1 aliphatic carbocycles. The summed E-state index contributed by atoms with van der Waals surface area (Å²) in [5.74, 6) is -0.111. The number of nitrogens with two attached hydrogens (primary N) is 1. The Bertz CT molecular complexity index is 320. The maximum atomic E-state index is 12.3. The Kier molecular flexibility index (Phi) is 5.35. The summed E-state index contributed by atoms with van der Waals surface area (Å²) in [7, 11) is 0. The summed E-state index contributed by atoms with van der Waals surface area (Å²) in [5, 5.41) is 2.93. The van der Waals surface area contributed by atoms with Gasteiger partial charge in [0.05, 0.1) is 12.7 Å². The molecule has 0 radical (unpaired) electrons. The van der Waals surface area contributed by atoms with Gasteiger partial charge in [-0.25, -0.2) is 0 Å². The molecule has 3 atom stereocenters. The van der Waals surface area contributed by atoms with E-state index in [1.165, 1.54) is 0 Å². The molecule has 5 nitrogen and oxygen atoms in total. The summed E-state index contributed by atoms with van der Waals surface area (Å²) in [4.78, 5) is 12.3. The smallest absolute Gasteiger partial charge is 0.241 e. The van der Waals surface area contributed by atoms with Gasteiger partial charge in [0.1, 0.15) is 5.54 Å². The summed E-state index contributed by atoms with van der Waals surface area (Å²) >= 11 is 0. The van der Waals surface area contributed by atoms with E-state index >= 15 is 0 Å². The number of hydrogen-bond acceptors (Lipinski definition) is 4. The van der Waals surface area contributed by atoms with Crippen molar-refractivity contribution in [2.24, 2.45) is 11.1 Å². The van der Waals surface area contributed by atoms with Crippen LogP contribution in [0.4, 0.5) is 0 Å². The number of ether oxygens (including phenoxy) is 2. The average Bonchev–Trinajstić information content (AvgIpc) is 2.35. The molecule has 0 heterocycles. The molecule has 5 heteroatoms. The zero-order chi connectivity index (χ0) is 14.7. The molecule has 112 valence electrons. The first-order chi connectivity index (χ1) is 8.79. The van der Waals surface area contributed by atoms with E-state index in [2.05, 4.69) is 5.32 Å². The summed E-state index contributed by atoms with van der Waals surface area (Å²) < 4.78 is 10.9. The maximum Gasteiger partial charge on any atom is 0.241 e. The molecule has 0 aromatic carbocycles. The molecule has 0 aromatic heterocycles. The standard InChI is InChI=1S/C14H28N2O3/c1-6-18-9-10(3)16-12(17)14(15)8-11(19-7-2)13(14,4)5/h10-11H,6-9,15H2,1-5H3,(H,16,17). The lowest BCUT2D eigenvalue weighted by Crippen LogP contribution is -2.76. The lowest BCUT2D eigenvalue weighted by molar-refractivity contribution is -0.171. The lowest BCUT2D eigenvalue weighted by atomic mass is 9.54. The third-order valence-corrected chi connectivity index (χ3v) is 4.18. The molecular formula is C14H28N2O3. The van der Waals surface area contributed by atoms with Gasteiger partial charge in [-0.15, -0.1) is 0 Å². The van der Waals surface area contributed by atoms with Crippen molar-refractivity contribution in [2.75, 3.05) is 19.8 Å². The molecule has 0 saturated heterocycles. The van der Waals surface area contributed by atoms with Crippen LogP contribution in [0.2, 0.25) is 0 Å². The van der Waals surface area contributed by atoms with E-state index in [1.54, 1.807) is 0 Å². The van der Waals surface area contributed by atoms with Crippen molar-refractivity contribution in [2.45, 2.75) is 58.7 Å². The second-order valence-electron chi connectivity index (χ2n) is 5.88. The summed E-state index contributed by atoms with van der Waals surface area (Å²) in [5.41, 5.74) is 5.09. The largest absolute Gasteiger partial charge is 0.380 e. The van der Waals surface area contributed by atoms with Crippen LogP contribution in [0, 0.1) is 5.41 Å². The topological polar surface area (TPSA) is 73.6 Å². The van der Waals surface area contributed by atoms with Crippen molar-refractivity contribution in [3.05, 3.63) is 0 Å². The molecule has 19 heavy (non-hydrogen) atoms. The number of amides is 1. The van der Waals surface area contributed by atoms with E-state index in [9.17, 15) is 4.79 Å². The Morgan fingerprint density at radius 2 is 2.05 bits per heavy atom. The fraction of sp³-hybridized carbons (Fsp3) is 0.929. The molecule has 0 aliphatic heterocycles. The summed E-state index contributed by atoms with van der Waals surface area (Å²) in [6, 6.07) is -0.0326. The van der Waals surface area contributed by atoms with Gasteiger partial charge in [0.2, 0.25) is 5.91 Å². The molecular weight excluding hydrogens is 244 g/mol. The van der Waals surface area contributed by atoms with Crippen molar-refractivity contribution in [3.8, 4) is 0 Å². The van der Waals surface area contributed by atoms with Crippen LogP contribution in [-0.2, 0) is 14.3 Å². The second-order valence-corrected chi connectivity index (χ2v) is 5.88. The number of carbonyl (C=O) groups excluding carboxylic acids is 1. The predicted octanol–water partition coefficient (Wildman–Crippen LogP) is 1.06. The fourth-order valence-corrected chi connectivity index (χ4v) is 2.51. The van der Waals surface area contributed by atoms with Gasteiger partial charge in [0.25, 0.3) is 0 Å². The minimum absolute atomic E-state index is 0.0326. The van der Waals surface area contributed by atoms with Gasteiger partial charge in [0.15, 0.2) is 0 Å². The average molecular weight is 272 g/mol. The van der Waals surface area contributed by atoms with Crippen LogP contribution >= 0.6 is 0 Å². The molecule has 3 unspecified atom stereocenters. The quantitative estimate of drug-likeness (QED) is 0.727. The number of nitrogens with one attached hydrogen (secondary N) is 1. The van der Waals surface area contributed by atoms with Gasteiger partial charge in [-0.1, -0.05) is 13.8 Å². The predicted molar refractivity (Wildman–Crippen MR) is 74.8 cm³/mol. The van der Waals surface area contributed by atoms with E-state index in [0.29, 0.717) is 26.2 Å². The van der Waals surface area contributed by atoms with Crippen LogP contribution < -0.4 is 11.1 Å². The third-order valence-electron chi connectivity index (χ3n) is 4.18. The molecule has 1 saturated carbocycles. The van der Waals surface area contributed by atoms with Gasteiger partial charge in [-0.05, 0) is 20.8 Å². The molecule has 0 bridgehead atoms. The van der Waals surface area contributed by atoms with Gasteiger partial charge in [0, 0.05) is 31.1 Å². The highest BCUT2D eigenvalue weighted by Crippen LogP contribution is 2.49. The minimum Gasteiger partial charge on any atom is -0.380 e. The van der Waals surface area contributed by atoms with E-state index < -0.39 is 5.54 Å². The van der Waals surface area contributed by atoms with Gasteiger partial charge >= 0.3 is 0 Å². The first-order valence-corrected chi connectivity index (χ1v) is 7.08. The first kappa shape index (κ1) is 16.4. The Morgan fingerprint density at radius 1 is 1.42 bits per heavy atom. The van der Waals surface area contributed by atoms with E-state index in [0.717, 1.165) is 0 Å². The third kappa shape index (κ3) is 3.09. The first-order valence-electron chi connectivity index (χ1n) is 7.08. The van der Waals surface area contributed by atoms with Gasteiger partial charge in [-0.3, -0.25) is 4.79 Å². The van der Waals surface area contributed by atoms with Crippen molar-refractivity contribution in [1.82, 2.24) is 5.32 Å². The summed E-state index contributed by atoms with van der Waals surface area (Å²) in [6.07, 6.45) is 0.622. The molecule has 3 N–H and O–H groups in total. The van der Waals surface area contributed by atoms with Crippen LogP contribution in [0.5, 0.6) is 0 Å². The Labute approximate surface area is 116 Å². The number of rotatable bonds is 7. The van der Waals surface area contributed by atoms with E-state index in [1.807, 2.05) is 34.6 Å². The monoisotopic (exact) mass is 272 g/mol. The van der Waals surface area contributed by atoms with Crippen LogP contribution in [0.3, 0.4) is 0 Å². The fourth-order valence-electron chi connectivity index (χ4n) is 2.51. The number of hydrogen-bond donors (Lipinski definition) is 2. The summed E-state index contributed by atoms with van der Waals surface area (Å²) in [6.45, 7) is 11.6. The van der Waals surface area contributed by atoms with Crippen LogP contribution in [0.15, 0.2) is 0 Å². The molecule has 0 spiro atoms. The van der Waals surface area contributed by atoms with Crippen LogP contribution in [0.1, 0.15) is 41.0 Å². The highest BCUT2D eigenvalue weighted by atomic mass is 16.5. The zero-order valence-electron chi connectivity index (χ0n) is 12.8. The molecule has 1 rings (SSSR count). The molecule has 1 aliphatic rings. The molecule has 1 amide bonds. The Morgan fingerprint density at radius 3 is 2.53 bits per heavy atom. The van der Waals surface area contributed by atoms with Crippen molar-refractivity contribution in [1.29, 1.82) is 0 Å². The van der Waals surface area contributed by atoms with Gasteiger partial charge < -0.3 is 20.5 Å². The number of carbonyl (C=O) groups is 1. The molecule has 1 fully saturated rings. The Balaban J connectivity index is 2.57. The van der Waals surface area contributed by atoms with Crippen LogP contribution in [0.25, 0.3) is 0 Å². The van der Waals surface area contributed by atoms with Crippen molar-refractivity contribution in [3.63, 3.8) is 0 Å². The van der Waals surface area contributed by atoms with Crippen molar-refractivity contribution >= 4 is 5.91 Å². The zero-order valence-corrected chi connectivity index (χ0v) is 12.8. The minimum atomic E-state index is -0.854. The Hall–Kier alpha value is -0.650. The molecule has 0 aromatic rings. The SMILES string of the molecule is CCOCC(C)NC(=O)C1(N)CC(OCC)C1(C)C. The maximum absolute atomic E-state index is 12.3. The highest BCUT2D eigenvalue weighted by molar-refractivity contribution is 5.89. The normalized spacial score (nSPS) is 30.5. The van der Waals surface area contributed by atoms with Crippen molar-refractivity contribution < 1.29 is 14.3 Å². The second kappa shape index (κ2) is 6.20. The van der Waals surface area contributed by atoms with E-state index in [4.69, 9.17) is 15.2 Å². The highest BCUT2D eigenvalue weighted by Gasteiger charge is 2.62. The van der Waals surface area contributed by atoms with Crippen LogP contribution in [-0.4, -0.2) is 43.4 Å². The lowest BCUT2D eigenvalue weighted by Gasteiger charge is -2.57. The van der Waals surface area contributed by atoms with Gasteiger partial charge in [-0.2, -0.15) is 0 Å². The van der Waals surface area contributed by atoms with E-state index in [-0.39, 0.29) is 23.5 Å².